The van der Waals surface area contributed by atoms with Crippen molar-refractivity contribution in [3.8, 4) is 0 Å². The summed E-state index contributed by atoms with van der Waals surface area (Å²) in [5.74, 6) is -2.33. The minimum Gasteiger partial charge on any atom is -0.459 e. The summed E-state index contributed by atoms with van der Waals surface area (Å²) in [6.07, 6.45) is -6.04. The molecule has 0 radical (unpaired) electrons. The van der Waals surface area contributed by atoms with E-state index in [2.05, 4.69) is 6.92 Å². The van der Waals surface area contributed by atoms with Crippen LogP contribution in [0.5, 0.6) is 0 Å². The van der Waals surface area contributed by atoms with E-state index in [4.69, 9.17) is 28.4 Å². The molecule has 18 atom stereocenters. The summed E-state index contributed by atoms with van der Waals surface area (Å²) in [4.78, 5) is 18.1. The second-order valence-electron chi connectivity index (χ2n) is 17.5. The Labute approximate surface area is 313 Å². The number of hydrogen-bond donors (Lipinski definition) is 4. The van der Waals surface area contributed by atoms with Gasteiger partial charge in [-0.05, 0) is 94.8 Å². The number of carbonyl (C=O) groups excluding carboxylic acids is 1. The van der Waals surface area contributed by atoms with Gasteiger partial charge in [-0.25, -0.2) is 0 Å². The minimum atomic E-state index is -1.77. The monoisotopic (exact) mass is 747 g/mol. The van der Waals surface area contributed by atoms with Gasteiger partial charge in [-0.1, -0.05) is 27.7 Å². The zero-order chi connectivity index (χ0) is 39.7. The van der Waals surface area contributed by atoms with Gasteiger partial charge in [-0.15, -0.1) is 0 Å². The molecular weight excluding hydrogens is 672 g/mol. The van der Waals surface area contributed by atoms with E-state index in [1.54, 1.807) is 27.9 Å². The van der Waals surface area contributed by atoms with Crippen LogP contribution in [0.1, 0.15) is 102 Å². The van der Waals surface area contributed by atoms with Gasteiger partial charge in [0.05, 0.1) is 41.5 Å². The Morgan fingerprint density at radius 2 is 1.58 bits per heavy atom. The topological polar surface area (TPSA) is 160 Å². The maximum absolute atomic E-state index is 14.2. The molecule has 13 heteroatoms. The Bertz CT molecular complexity index is 1140. The van der Waals surface area contributed by atoms with Crippen molar-refractivity contribution in [2.75, 3.05) is 34.8 Å². The van der Waals surface area contributed by atoms with E-state index >= 15 is 0 Å². The van der Waals surface area contributed by atoms with Gasteiger partial charge in [-0.2, -0.15) is 0 Å². The van der Waals surface area contributed by atoms with E-state index in [0.717, 1.165) is 0 Å². The average Bonchev–Trinajstić information content (AvgIpc) is 3.05. The van der Waals surface area contributed by atoms with Crippen LogP contribution >= 0.6 is 0 Å². The summed E-state index contributed by atoms with van der Waals surface area (Å²) in [5.41, 5.74) is -3.86. The van der Waals surface area contributed by atoms with Crippen molar-refractivity contribution in [1.29, 1.82) is 0 Å². The van der Waals surface area contributed by atoms with E-state index in [-0.39, 0.29) is 42.9 Å². The largest absolute Gasteiger partial charge is 0.459 e. The molecule has 3 rings (SSSR count). The minimum absolute atomic E-state index is 0.0551. The molecule has 306 valence electrons. The molecule has 0 aromatic carbocycles. The lowest BCUT2D eigenvalue weighted by Crippen LogP contribution is -2.60. The SMILES string of the molecule is CC[C@H]1OC(=O)[C@H](C)[C@@H](O[C@H]2C[C@@](C)(OC)[C@H](C)[C@H](C)O2)[C@H](C)[C@@H](O[C@@H]2O[C@H](C)C[C@H](N(C)C)[C@H]2O)[C@](C)(O)C[C@@H](C)CN(C)[C@@H](C)[C@@H](O)[C@]1(C)O. The van der Waals surface area contributed by atoms with Crippen LogP contribution in [-0.4, -0.2) is 155 Å². The molecule has 0 saturated carbocycles. The highest BCUT2D eigenvalue weighted by molar-refractivity contribution is 5.73. The number of hydrogen-bond acceptors (Lipinski definition) is 13. The van der Waals surface area contributed by atoms with Gasteiger partial charge in [0, 0.05) is 44.0 Å². The van der Waals surface area contributed by atoms with Crippen LogP contribution in [0.4, 0.5) is 0 Å². The number of cyclic esters (lactones) is 1. The highest BCUT2D eigenvalue weighted by Crippen LogP contribution is 2.41. The quantitative estimate of drug-likeness (QED) is 0.282. The molecule has 0 aliphatic carbocycles. The predicted octanol–water partition coefficient (Wildman–Crippen LogP) is 3.18. The van der Waals surface area contributed by atoms with E-state index < -0.39 is 83.7 Å². The summed E-state index contributed by atoms with van der Waals surface area (Å²) >= 11 is 0. The normalized spacial score (nSPS) is 49.6. The van der Waals surface area contributed by atoms with E-state index in [0.29, 0.717) is 19.4 Å². The molecule has 4 N–H and O–H groups in total. The maximum atomic E-state index is 14.2. The van der Waals surface area contributed by atoms with Crippen molar-refractivity contribution < 1.29 is 53.6 Å². The number of aliphatic hydroxyl groups is 4. The fourth-order valence-electron chi connectivity index (χ4n) is 8.91. The molecule has 3 aliphatic heterocycles. The molecular formula is C39H74N2O11. The van der Waals surface area contributed by atoms with Crippen LogP contribution in [0.15, 0.2) is 0 Å². The first-order chi connectivity index (χ1) is 23.9. The molecule has 0 unspecified atom stereocenters. The van der Waals surface area contributed by atoms with Gasteiger partial charge < -0.3 is 58.6 Å². The smallest absolute Gasteiger partial charge is 0.311 e. The van der Waals surface area contributed by atoms with Gasteiger partial charge >= 0.3 is 5.97 Å². The van der Waals surface area contributed by atoms with Crippen molar-refractivity contribution in [2.45, 2.75) is 186 Å². The molecule has 0 bridgehead atoms. The lowest BCUT2D eigenvalue weighted by Gasteiger charge is -2.49. The molecule has 0 spiro atoms. The second-order valence-corrected chi connectivity index (χ2v) is 17.5. The van der Waals surface area contributed by atoms with Crippen molar-refractivity contribution in [3.05, 3.63) is 0 Å². The number of carbonyl (C=O) groups is 1. The summed E-state index contributed by atoms with van der Waals surface area (Å²) in [6, 6.07) is -0.764. The first kappa shape index (κ1) is 45.4. The molecule has 3 aliphatic rings. The van der Waals surface area contributed by atoms with Crippen LogP contribution < -0.4 is 0 Å². The summed E-state index contributed by atoms with van der Waals surface area (Å²) in [6.45, 7) is 20.9. The number of nitrogens with zero attached hydrogens (tertiary/aromatic N) is 2. The Morgan fingerprint density at radius 1 is 0.962 bits per heavy atom. The maximum Gasteiger partial charge on any atom is 0.311 e. The number of ether oxygens (including phenoxy) is 6. The van der Waals surface area contributed by atoms with Crippen molar-refractivity contribution >= 4 is 5.97 Å². The van der Waals surface area contributed by atoms with Crippen molar-refractivity contribution in [1.82, 2.24) is 9.80 Å². The van der Waals surface area contributed by atoms with E-state index in [1.165, 1.54) is 6.92 Å². The van der Waals surface area contributed by atoms with Gasteiger partial charge in [0.15, 0.2) is 12.6 Å². The Kier molecular flexibility index (Phi) is 15.6. The standard InChI is InChI=1S/C39H74N2O11/c1-16-29-39(11,46)33(43)26(7)41(14)20-21(2)18-37(9,45)34(52-36-31(42)28(40(12)13)17-22(3)48-36)23(4)32(24(5)35(44)50-29)51-30-19-38(10,47-15)25(6)27(8)49-30/h21-34,36,42-43,45-46H,16-20H2,1-15H3/t21-,22-,23+,24-,25-,26+,27+,28+,29-,30+,31-,32+,33-,34-,36+,37-,38-,39-/m1/s1. The highest BCUT2D eigenvalue weighted by Gasteiger charge is 2.52. The number of rotatable bonds is 7. The first-order valence-corrected chi connectivity index (χ1v) is 19.5. The summed E-state index contributed by atoms with van der Waals surface area (Å²) in [7, 11) is 7.33. The van der Waals surface area contributed by atoms with Gasteiger partial charge in [-0.3, -0.25) is 4.79 Å². The number of esters is 1. The Morgan fingerprint density at radius 3 is 2.13 bits per heavy atom. The number of likely N-dealkylation sites (N-methyl/N-ethyl adjacent to an activating group) is 2. The lowest BCUT2D eigenvalue weighted by atomic mass is 9.77. The van der Waals surface area contributed by atoms with Gasteiger partial charge in [0.2, 0.25) is 0 Å². The molecule has 3 saturated heterocycles. The molecule has 0 amide bonds. The molecule has 3 heterocycles. The summed E-state index contributed by atoms with van der Waals surface area (Å²) < 4.78 is 38.2. The predicted molar refractivity (Wildman–Crippen MR) is 197 cm³/mol. The first-order valence-electron chi connectivity index (χ1n) is 19.5. The third-order valence-electron chi connectivity index (χ3n) is 12.8. The fourth-order valence-corrected chi connectivity index (χ4v) is 8.91. The van der Waals surface area contributed by atoms with Crippen molar-refractivity contribution in [3.63, 3.8) is 0 Å². The van der Waals surface area contributed by atoms with Gasteiger partial charge in [0.25, 0.3) is 0 Å². The molecule has 13 nitrogen and oxygen atoms in total. The molecule has 3 fully saturated rings. The van der Waals surface area contributed by atoms with Crippen LogP contribution in [0.3, 0.4) is 0 Å². The fraction of sp³-hybridized carbons (Fsp3) is 0.974. The summed E-state index contributed by atoms with van der Waals surface area (Å²) in [5, 5.41) is 47.3. The highest BCUT2D eigenvalue weighted by atomic mass is 16.7. The van der Waals surface area contributed by atoms with Gasteiger partial charge in [0.1, 0.15) is 23.9 Å². The molecule has 0 aromatic heterocycles. The van der Waals surface area contributed by atoms with E-state index in [9.17, 15) is 25.2 Å². The average molecular weight is 747 g/mol. The third-order valence-corrected chi connectivity index (χ3v) is 12.8. The molecule has 0 aromatic rings. The lowest BCUT2D eigenvalue weighted by molar-refractivity contribution is -0.313. The number of aliphatic hydroxyl groups excluding tert-OH is 2. The van der Waals surface area contributed by atoms with Crippen molar-refractivity contribution in [2.24, 2.45) is 23.7 Å². The number of methoxy groups -OCH3 is 1. The van der Waals surface area contributed by atoms with Crippen LogP contribution in [0.2, 0.25) is 0 Å². The zero-order valence-corrected chi connectivity index (χ0v) is 34.7. The van der Waals surface area contributed by atoms with Crippen LogP contribution in [-0.2, 0) is 33.2 Å². The van der Waals surface area contributed by atoms with E-state index in [1.807, 2.05) is 72.5 Å². The van der Waals surface area contributed by atoms with Crippen LogP contribution in [0.25, 0.3) is 0 Å². The van der Waals surface area contributed by atoms with Crippen LogP contribution in [0, 0.1) is 23.7 Å². The Hall–Kier alpha value is -0.970. The zero-order valence-electron chi connectivity index (χ0n) is 34.7. The Balaban J connectivity index is 2.17. The third kappa shape index (κ3) is 10.1. The molecule has 52 heavy (non-hydrogen) atoms. The second kappa shape index (κ2) is 17.9.